The van der Waals surface area contributed by atoms with Crippen LogP contribution in [-0.4, -0.2) is 89.8 Å². The minimum absolute atomic E-state index is 0.127. The van der Waals surface area contributed by atoms with Crippen LogP contribution in [0.25, 0.3) is 10.9 Å². The molecule has 15 heteroatoms. The number of carbonyl (C=O) groups is 1. The number of aromatic amines is 2. The summed E-state index contributed by atoms with van der Waals surface area (Å²) in [5, 5.41) is 53.2. The predicted molar refractivity (Wildman–Crippen MR) is 135 cm³/mol. The van der Waals surface area contributed by atoms with Crippen molar-refractivity contribution in [1.82, 2.24) is 15.0 Å². The summed E-state index contributed by atoms with van der Waals surface area (Å²) in [6.45, 7) is -0.607. The van der Waals surface area contributed by atoms with Gasteiger partial charge in [0.05, 0.1) is 42.6 Å². The van der Waals surface area contributed by atoms with Crippen LogP contribution >= 0.6 is 50.1 Å². The number of fused-ring (bicyclic) bond motifs is 1. The lowest BCUT2D eigenvalue weighted by atomic mass is 9.99. The van der Waals surface area contributed by atoms with Gasteiger partial charge < -0.3 is 50.3 Å². The van der Waals surface area contributed by atoms with E-state index in [9.17, 15) is 30.3 Å². The van der Waals surface area contributed by atoms with Crippen molar-refractivity contribution in [2.75, 3.05) is 11.9 Å². The average Bonchev–Trinajstić information content (AvgIpc) is 3.50. The molecule has 8 N–H and O–H groups in total. The molecule has 35 heavy (non-hydrogen) atoms. The monoisotopic (exact) mass is 686 g/mol. The fourth-order valence-corrected chi connectivity index (χ4v) is 5.29. The van der Waals surface area contributed by atoms with E-state index in [4.69, 9.17) is 21.1 Å². The number of anilines is 1. The molecular weight excluding hydrogens is 667 g/mol. The van der Waals surface area contributed by atoms with E-state index in [0.717, 1.165) is 0 Å². The third-order valence-corrected chi connectivity index (χ3v) is 8.82. The standard InChI is InChI=1S/C20H21BrClIN4O8/c21-11-12(22)10-8(34-20-18(31)17(30)16(29)9(4-28)35-20)3-25-14(10)15(13(11)23)27-7(19(32)33)1-6-2-24-5-26-6/h2-3,5,7,9,16-18,20,25,27-31H,1,4H2,(H,24,26)(H,32,33)/t7?,9-,16+,17+,18-,20-/m1/s1. The SMILES string of the molecule is O=C(O)C(Cc1cnc[nH]1)Nc1c(I)c(Br)c(Cl)c2c(O[C@@H]3O[C@H](CO)[C@H](O)[C@H](O)[C@H]3O)c[nH]c12. The van der Waals surface area contributed by atoms with Crippen LogP contribution in [0.4, 0.5) is 5.69 Å². The van der Waals surface area contributed by atoms with Crippen LogP contribution in [0, 0.1) is 3.57 Å². The normalized spacial score (nSPS) is 25.5. The number of nitrogens with one attached hydrogen (secondary N) is 3. The van der Waals surface area contributed by atoms with Gasteiger partial charge >= 0.3 is 5.97 Å². The molecule has 3 aromatic rings. The highest BCUT2D eigenvalue weighted by molar-refractivity contribution is 14.1. The Morgan fingerprint density at radius 2 is 2.06 bits per heavy atom. The number of aromatic nitrogens is 3. The molecular formula is C20H21BrClIN4O8. The molecule has 1 unspecified atom stereocenters. The second-order valence-corrected chi connectivity index (χ2v) is 10.1. The Labute approximate surface area is 224 Å². The lowest BCUT2D eigenvalue weighted by molar-refractivity contribution is -0.277. The zero-order chi connectivity index (χ0) is 25.4. The highest BCUT2D eigenvalue weighted by Crippen LogP contribution is 2.45. The number of rotatable bonds is 8. The van der Waals surface area contributed by atoms with Gasteiger partial charge in [-0.15, -0.1) is 0 Å². The molecule has 2 aromatic heterocycles. The Bertz CT molecular complexity index is 1210. The van der Waals surface area contributed by atoms with Gasteiger partial charge in [-0.1, -0.05) is 11.6 Å². The van der Waals surface area contributed by atoms with Crippen molar-refractivity contribution < 1.29 is 39.8 Å². The molecule has 1 fully saturated rings. The van der Waals surface area contributed by atoms with Gasteiger partial charge in [0.15, 0.2) is 0 Å². The number of aliphatic hydroxyl groups excluding tert-OH is 4. The molecule has 0 bridgehead atoms. The summed E-state index contributed by atoms with van der Waals surface area (Å²) in [7, 11) is 0. The fourth-order valence-electron chi connectivity index (χ4n) is 3.75. The molecule has 1 aromatic carbocycles. The molecule has 0 saturated carbocycles. The third kappa shape index (κ3) is 5.11. The molecule has 0 aliphatic carbocycles. The Morgan fingerprint density at radius 3 is 2.69 bits per heavy atom. The van der Waals surface area contributed by atoms with E-state index in [0.29, 0.717) is 30.3 Å². The number of hydrogen-bond donors (Lipinski definition) is 8. The summed E-state index contributed by atoms with van der Waals surface area (Å²) < 4.78 is 12.3. The summed E-state index contributed by atoms with van der Waals surface area (Å²) in [5.41, 5.74) is 1.49. The first kappa shape index (κ1) is 26.4. The number of nitrogens with zero attached hydrogens (tertiary/aromatic N) is 1. The zero-order valence-corrected chi connectivity index (χ0v) is 22.2. The fraction of sp³-hybridized carbons (Fsp3) is 0.400. The number of ether oxygens (including phenoxy) is 2. The first-order chi connectivity index (χ1) is 16.6. The maximum atomic E-state index is 12.0. The number of aliphatic carboxylic acids is 1. The van der Waals surface area contributed by atoms with E-state index in [2.05, 4.69) is 36.2 Å². The number of H-pyrrole nitrogens is 2. The lowest BCUT2D eigenvalue weighted by Crippen LogP contribution is -2.60. The second kappa shape index (κ2) is 10.8. The minimum Gasteiger partial charge on any atom is -0.480 e. The summed E-state index contributed by atoms with van der Waals surface area (Å²) >= 11 is 12.0. The van der Waals surface area contributed by atoms with Gasteiger partial charge in [0.2, 0.25) is 6.29 Å². The van der Waals surface area contributed by atoms with E-state index >= 15 is 0 Å². The summed E-state index contributed by atoms with van der Waals surface area (Å²) in [5.74, 6) is -0.950. The van der Waals surface area contributed by atoms with Crippen molar-refractivity contribution in [1.29, 1.82) is 0 Å². The number of hydrogen-bond acceptors (Lipinski definition) is 9. The van der Waals surface area contributed by atoms with Crippen molar-refractivity contribution in [3.8, 4) is 5.75 Å². The Balaban J connectivity index is 1.70. The maximum absolute atomic E-state index is 12.0. The molecule has 3 heterocycles. The van der Waals surface area contributed by atoms with Crippen molar-refractivity contribution in [3.63, 3.8) is 0 Å². The lowest BCUT2D eigenvalue weighted by Gasteiger charge is -2.39. The highest BCUT2D eigenvalue weighted by atomic mass is 127. The molecule has 1 saturated heterocycles. The van der Waals surface area contributed by atoms with E-state index < -0.39 is 49.3 Å². The summed E-state index contributed by atoms with van der Waals surface area (Å²) in [6.07, 6.45) is -2.78. The van der Waals surface area contributed by atoms with Gasteiger partial charge in [-0.25, -0.2) is 9.78 Å². The number of aliphatic hydroxyl groups is 4. The van der Waals surface area contributed by atoms with Crippen LogP contribution in [0.1, 0.15) is 5.69 Å². The molecule has 0 radical (unpaired) electrons. The largest absolute Gasteiger partial charge is 0.480 e. The van der Waals surface area contributed by atoms with Crippen LogP contribution < -0.4 is 10.1 Å². The average molecular weight is 688 g/mol. The number of benzene rings is 1. The first-order valence-corrected chi connectivity index (χ1v) is 12.5. The van der Waals surface area contributed by atoms with Crippen molar-refractivity contribution in [2.24, 2.45) is 0 Å². The van der Waals surface area contributed by atoms with Crippen LogP contribution in [0.3, 0.4) is 0 Å². The van der Waals surface area contributed by atoms with Crippen molar-refractivity contribution in [2.45, 2.75) is 43.2 Å². The quantitative estimate of drug-likeness (QED) is 0.126. The molecule has 12 nitrogen and oxygen atoms in total. The molecule has 4 rings (SSSR count). The van der Waals surface area contributed by atoms with Crippen molar-refractivity contribution >= 4 is 72.7 Å². The summed E-state index contributed by atoms with van der Waals surface area (Å²) in [4.78, 5) is 21.8. The first-order valence-electron chi connectivity index (χ1n) is 10.2. The Kier molecular flexibility index (Phi) is 8.12. The van der Waals surface area contributed by atoms with E-state index in [1.807, 2.05) is 22.6 Å². The van der Waals surface area contributed by atoms with Gasteiger partial charge in [0.25, 0.3) is 0 Å². The van der Waals surface area contributed by atoms with E-state index in [-0.39, 0.29) is 17.2 Å². The van der Waals surface area contributed by atoms with Crippen LogP contribution in [-0.2, 0) is 16.0 Å². The van der Waals surface area contributed by atoms with Crippen LogP contribution in [0.2, 0.25) is 5.02 Å². The topological polar surface area (TPSA) is 193 Å². The number of carboxylic acid groups (broad SMARTS) is 1. The molecule has 190 valence electrons. The van der Waals surface area contributed by atoms with Gasteiger partial charge in [-0.2, -0.15) is 0 Å². The van der Waals surface area contributed by atoms with Gasteiger partial charge in [0, 0.05) is 24.5 Å². The van der Waals surface area contributed by atoms with Gasteiger partial charge in [-0.3, -0.25) is 0 Å². The summed E-state index contributed by atoms with van der Waals surface area (Å²) in [6, 6.07) is -1.02. The van der Waals surface area contributed by atoms with E-state index in [1.54, 1.807) is 0 Å². The third-order valence-electron chi connectivity index (χ3n) is 5.61. The smallest absolute Gasteiger partial charge is 0.326 e. The van der Waals surface area contributed by atoms with E-state index in [1.165, 1.54) is 18.7 Å². The molecule has 0 spiro atoms. The zero-order valence-electron chi connectivity index (χ0n) is 17.7. The highest BCUT2D eigenvalue weighted by Gasteiger charge is 2.45. The molecule has 6 atom stereocenters. The Morgan fingerprint density at radius 1 is 1.31 bits per heavy atom. The molecule has 1 aliphatic heterocycles. The minimum atomic E-state index is -1.62. The Hall–Kier alpha value is -1.66. The number of halogens is 3. The van der Waals surface area contributed by atoms with Crippen LogP contribution in [0.15, 0.2) is 23.2 Å². The molecule has 1 aliphatic rings. The van der Waals surface area contributed by atoms with Gasteiger partial charge in [0.1, 0.15) is 36.2 Å². The molecule has 0 amide bonds. The van der Waals surface area contributed by atoms with Crippen molar-refractivity contribution in [3.05, 3.63) is 37.5 Å². The second-order valence-electron chi connectivity index (χ2n) is 7.85. The predicted octanol–water partition coefficient (Wildman–Crippen LogP) is 1.20. The maximum Gasteiger partial charge on any atom is 0.326 e. The number of carboxylic acids is 1. The number of imidazole rings is 1. The van der Waals surface area contributed by atoms with Crippen LogP contribution in [0.5, 0.6) is 5.75 Å². The van der Waals surface area contributed by atoms with Gasteiger partial charge in [-0.05, 0) is 38.5 Å².